The molecule has 122 valence electrons. The summed E-state index contributed by atoms with van der Waals surface area (Å²) in [6.45, 7) is 1.85. The normalized spacial score (nSPS) is 12.1. The van der Waals surface area contributed by atoms with Crippen LogP contribution in [0.25, 0.3) is 10.9 Å². The molecule has 0 spiro atoms. The van der Waals surface area contributed by atoms with Gasteiger partial charge in [-0.1, -0.05) is 41.4 Å². The van der Waals surface area contributed by atoms with Crippen LogP contribution in [0.5, 0.6) is 0 Å². The number of benzene rings is 2. The summed E-state index contributed by atoms with van der Waals surface area (Å²) in [6, 6.07) is 14.8. The smallest absolute Gasteiger partial charge is 0.237 e. The van der Waals surface area contributed by atoms with Crippen molar-refractivity contribution >= 4 is 57.5 Å². The van der Waals surface area contributed by atoms with Crippen molar-refractivity contribution in [1.29, 1.82) is 0 Å². The van der Waals surface area contributed by atoms with E-state index in [1.54, 1.807) is 24.4 Å². The number of amides is 1. The van der Waals surface area contributed by atoms with E-state index in [4.69, 9.17) is 23.2 Å². The van der Waals surface area contributed by atoms with E-state index in [2.05, 4.69) is 10.3 Å². The lowest BCUT2D eigenvalue weighted by Crippen LogP contribution is -2.22. The zero-order chi connectivity index (χ0) is 17.1. The molecule has 2 aromatic carbocycles. The molecule has 0 aliphatic carbocycles. The number of hydrogen-bond donors (Lipinski definition) is 1. The second-order valence-electron chi connectivity index (χ2n) is 5.20. The average molecular weight is 377 g/mol. The Labute approximate surface area is 154 Å². The predicted molar refractivity (Wildman–Crippen MR) is 102 cm³/mol. The summed E-state index contributed by atoms with van der Waals surface area (Å²) in [6.07, 6.45) is 1.75. The van der Waals surface area contributed by atoms with E-state index in [0.29, 0.717) is 15.7 Å². The number of pyridine rings is 1. The van der Waals surface area contributed by atoms with Crippen LogP contribution in [0.3, 0.4) is 0 Å². The zero-order valence-electron chi connectivity index (χ0n) is 12.8. The summed E-state index contributed by atoms with van der Waals surface area (Å²) in [5, 5.41) is 4.54. The van der Waals surface area contributed by atoms with E-state index in [1.807, 2.05) is 37.3 Å². The molecule has 3 rings (SSSR count). The third-order valence-corrected chi connectivity index (χ3v) is 5.21. The monoisotopic (exact) mass is 376 g/mol. The van der Waals surface area contributed by atoms with Crippen molar-refractivity contribution in [3.63, 3.8) is 0 Å². The largest absolute Gasteiger partial charge is 0.324 e. The van der Waals surface area contributed by atoms with Crippen LogP contribution in [-0.4, -0.2) is 16.1 Å². The minimum absolute atomic E-state index is 0.134. The van der Waals surface area contributed by atoms with Crippen molar-refractivity contribution in [1.82, 2.24) is 4.98 Å². The molecule has 0 bridgehead atoms. The highest BCUT2D eigenvalue weighted by Crippen LogP contribution is 2.31. The number of thioether (sulfide) groups is 1. The fourth-order valence-electron chi connectivity index (χ4n) is 2.24. The molecule has 1 amide bonds. The molecule has 0 aliphatic rings. The minimum atomic E-state index is -0.300. The van der Waals surface area contributed by atoms with Crippen molar-refractivity contribution in [2.24, 2.45) is 0 Å². The lowest BCUT2D eigenvalue weighted by molar-refractivity contribution is -0.115. The van der Waals surface area contributed by atoms with Crippen LogP contribution in [0.15, 0.2) is 59.6 Å². The van der Waals surface area contributed by atoms with Gasteiger partial charge in [-0.3, -0.25) is 9.78 Å². The first kappa shape index (κ1) is 17.1. The molecule has 3 aromatic rings. The molecule has 1 aromatic heterocycles. The number of fused-ring (bicyclic) bond motifs is 1. The molecule has 0 fully saturated rings. The summed E-state index contributed by atoms with van der Waals surface area (Å²) in [4.78, 5) is 17.8. The molecule has 0 radical (unpaired) electrons. The molecule has 3 nitrogen and oxygen atoms in total. The number of anilines is 1. The quantitative estimate of drug-likeness (QED) is 0.597. The first-order chi connectivity index (χ1) is 11.5. The van der Waals surface area contributed by atoms with Crippen LogP contribution in [0, 0.1) is 0 Å². The van der Waals surface area contributed by atoms with Crippen LogP contribution in [0.1, 0.15) is 6.92 Å². The maximum absolute atomic E-state index is 12.5. The lowest BCUT2D eigenvalue weighted by Gasteiger charge is -2.14. The lowest BCUT2D eigenvalue weighted by atomic mass is 10.2. The van der Waals surface area contributed by atoms with Crippen molar-refractivity contribution < 1.29 is 4.79 Å². The fourth-order valence-corrected chi connectivity index (χ4v) is 3.57. The number of carbonyl (C=O) groups is 1. The van der Waals surface area contributed by atoms with Gasteiger partial charge in [0.15, 0.2) is 0 Å². The van der Waals surface area contributed by atoms with Gasteiger partial charge in [0, 0.05) is 21.5 Å². The van der Waals surface area contributed by atoms with Gasteiger partial charge in [0.25, 0.3) is 0 Å². The number of nitrogens with one attached hydrogen (secondary N) is 1. The number of carbonyl (C=O) groups excluding carboxylic acids is 1. The van der Waals surface area contributed by atoms with Crippen molar-refractivity contribution in [2.75, 3.05) is 5.32 Å². The van der Waals surface area contributed by atoms with E-state index < -0.39 is 0 Å². The highest BCUT2D eigenvalue weighted by Gasteiger charge is 2.17. The maximum atomic E-state index is 12.5. The van der Waals surface area contributed by atoms with Crippen LogP contribution in [0.4, 0.5) is 5.69 Å². The number of rotatable bonds is 4. The summed E-state index contributed by atoms with van der Waals surface area (Å²) in [5.74, 6) is -0.134. The van der Waals surface area contributed by atoms with E-state index in [9.17, 15) is 4.79 Å². The van der Waals surface area contributed by atoms with Gasteiger partial charge in [-0.05, 0) is 37.3 Å². The highest BCUT2D eigenvalue weighted by molar-refractivity contribution is 8.00. The SMILES string of the molecule is CC(Sc1ccnc2ccccc12)C(=O)Nc1cc(Cl)ccc1Cl. The van der Waals surface area contributed by atoms with Gasteiger partial charge >= 0.3 is 0 Å². The molecule has 24 heavy (non-hydrogen) atoms. The number of nitrogens with zero attached hydrogens (tertiary/aromatic N) is 1. The fraction of sp³-hybridized carbons (Fsp3) is 0.111. The molecule has 0 aliphatic heterocycles. The Balaban J connectivity index is 1.77. The van der Waals surface area contributed by atoms with Crippen molar-refractivity contribution in [3.05, 3.63) is 64.8 Å². The average Bonchev–Trinajstić information content (AvgIpc) is 2.58. The summed E-state index contributed by atoms with van der Waals surface area (Å²) < 4.78 is 0. The second-order valence-corrected chi connectivity index (χ2v) is 7.43. The summed E-state index contributed by atoms with van der Waals surface area (Å²) >= 11 is 13.5. The molecular weight excluding hydrogens is 363 g/mol. The van der Waals surface area contributed by atoms with Crippen molar-refractivity contribution in [3.8, 4) is 0 Å². The highest BCUT2D eigenvalue weighted by atomic mass is 35.5. The predicted octanol–water partition coefficient (Wildman–Crippen LogP) is 5.66. The maximum Gasteiger partial charge on any atom is 0.237 e. The first-order valence-electron chi connectivity index (χ1n) is 7.31. The Morgan fingerprint density at radius 1 is 1.17 bits per heavy atom. The third-order valence-electron chi connectivity index (χ3n) is 3.47. The van der Waals surface area contributed by atoms with Gasteiger partial charge in [-0.15, -0.1) is 11.8 Å². The van der Waals surface area contributed by atoms with E-state index in [-0.39, 0.29) is 11.2 Å². The first-order valence-corrected chi connectivity index (χ1v) is 8.94. The Hall–Kier alpha value is -1.75. The molecular formula is C18H14Cl2N2OS. The van der Waals surface area contributed by atoms with Crippen LogP contribution >= 0.6 is 35.0 Å². The molecule has 0 saturated carbocycles. The Morgan fingerprint density at radius 2 is 1.96 bits per heavy atom. The van der Waals surface area contributed by atoms with Gasteiger partial charge in [-0.2, -0.15) is 0 Å². The van der Waals surface area contributed by atoms with Crippen LogP contribution in [0.2, 0.25) is 10.0 Å². The number of aromatic nitrogens is 1. The van der Waals surface area contributed by atoms with Gasteiger partial charge in [-0.25, -0.2) is 0 Å². The molecule has 0 saturated heterocycles. The Bertz CT molecular complexity index is 896. The van der Waals surface area contributed by atoms with Crippen LogP contribution in [-0.2, 0) is 4.79 Å². The van der Waals surface area contributed by atoms with Gasteiger partial charge < -0.3 is 5.32 Å². The van der Waals surface area contributed by atoms with E-state index in [1.165, 1.54) is 11.8 Å². The molecule has 1 heterocycles. The van der Waals surface area contributed by atoms with Gasteiger partial charge in [0.1, 0.15) is 0 Å². The molecule has 6 heteroatoms. The number of para-hydroxylation sites is 1. The Morgan fingerprint density at radius 3 is 2.79 bits per heavy atom. The molecule has 1 unspecified atom stereocenters. The second kappa shape index (κ2) is 7.43. The standard InChI is InChI=1S/C18H14Cl2N2OS/c1-11(18(23)22-16-10-12(19)6-7-14(16)20)24-17-8-9-21-15-5-3-2-4-13(15)17/h2-11H,1H3,(H,22,23). The van der Waals surface area contributed by atoms with Crippen LogP contribution < -0.4 is 5.32 Å². The van der Waals surface area contributed by atoms with E-state index in [0.717, 1.165) is 15.8 Å². The molecule has 1 N–H and O–H groups in total. The minimum Gasteiger partial charge on any atom is -0.324 e. The van der Waals surface area contributed by atoms with Crippen molar-refractivity contribution in [2.45, 2.75) is 17.1 Å². The number of hydrogen-bond acceptors (Lipinski definition) is 3. The molecule has 1 atom stereocenters. The Kier molecular flexibility index (Phi) is 5.29. The summed E-state index contributed by atoms with van der Waals surface area (Å²) in [5.41, 5.74) is 1.43. The topological polar surface area (TPSA) is 42.0 Å². The number of halogens is 2. The summed E-state index contributed by atoms with van der Waals surface area (Å²) in [7, 11) is 0. The van der Waals surface area contributed by atoms with Gasteiger partial charge in [0.05, 0.1) is 21.5 Å². The van der Waals surface area contributed by atoms with E-state index >= 15 is 0 Å². The van der Waals surface area contributed by atoms with Gasteiger partial charge in [0.2, 0.25) is 5.91 Å². The third kappa shape index (κ3) is 3.83. The zero-order valence-corrected chi connectivity index (χ0v) is 15.1.